The van der Waals surface area contributed by atoms with E-state index in [0.29, 0.717) is 12.1 Å². The quantitative estimate of drug-likeness (QED) is 0.809. The molecule has 1 aliphatic rings. The van der Waals surface area contributed by atoms with E-state index in [1.807, 2.05) is 11.3 Å². The lowest BCUT2D eigenvalue weighted by atomic mass is 10.00. The van der Waals surface area contributed by atoms with Crippen LogP contribution in [-0.2, 0) is 6.42 Å². The summed E-state index contributed by atoms with van der Waals surface area (Å²) in [4.78, 5) is 4.08. The number of hydrogen-bond donors (Lipinski definition) is 1. The van der Waals surface area contributed by atoms with Gasteiger partial charge in [-0.3, -0.25) is 4.90 Å². The minimum absolute atomic E-state index is 0.498. The molecule has 0 fully saturated rings. The lowest BCUT2D eigenvalue weighted by molar-refractivity contribution is 0.149. The van der Waals surface area contributed by atoms with E-state index in [0.717, 1.165) is 13.1 Å². The van der Waals surface area contributed by atoms with Gasteiger partial charge in [0, 0.05) is 30.1 Å². The van der Waals surface area contributed by atoms with Crippen molar-refractivity contribution in [3.8, 4) is 0 Å². The molecular formula is C11H18N2S. The minimum Gasteiger partial charge on any atom is -0.329 e. The molecule has 0 aliphatic carbocycles. The van der Waals surface area contributed by atoms with Crippen LogP contribution in [0.5, 0.6) is 0 Å². The molecule has 2 rings (SSSR count). The fourth-order valence-corrected chi connectivity index (χ4v) is 3.23. The van der Waals surface area contributed by atoms with Gasteiger partial charge in [-0.15, -0.1) is 11.3 Å². The van der Waals surface area contributed by atoms with Gasteiger partial charge in [-0.2, -0.15) is 0 Å². The van der Waals surface area contributed by atoms with Crippen molar-refractivity contribution in [2.24, 2.45) is 5.73 Å². The number of nitrogens with two attached hydrogens (primary N) is 1. The zero-order valence-corrected chi connectivity index (χ0v) is 9.68. The van der Waals surface area contributed by atoms with E-state index in [1.165, 1.54) is 12.0 Å². The summed E-state index contributed by atoms with van der Waals surface area (Å²) in [5.74, 6) is 0. The summed E-state index contributed by atoms with van der Waals surface area (Å²) in [6, 6.07) is 3.31. The Kier molecular flexibility index (Phi) is 2.91. The van der Waals surface area contributed by atoms with Crippen LogP contribution in [0.2, 0.25) is 0 Å². The van der Waals surface area contributed by atoms with E-state index in [1.54, 1.807) is 4.88 Å². The molecule has 2 heterocycles. The first-order chi connectivity index (χ1) is 6.74. The first-order valence-electron chi connectivity index (χ1n) is 5.26. The van der Waals surface area contributed by atoms with Gasteiger partial charge in [-0.05, 0) is 37.3 Å². The zero-order chi connectivity index (χ0) is 10.1. The molecule has 0 aromatic carbocycles. The minimum atomic E-state index is 0.498. The molecule has 14 heavy (non-hydrogen) atoms. The van der Waals surface area contributed by atoms with Crippen molar-refractivity contribution in [2.45, 2.75) is 32.4 Å². The van der Waals surface area contributed by atoms with Crippen molar-refractivity contribution in [1.82, 2.24) is 4.90 Å². The van der Waals surface area contributed by atoms with Crippen LogP contribution in [0.1, 0.15) is 30.3 Å². The maximum Gasteiger partial charge on any atom is 0.0334 e. The van der Waals surface area contributed by atoms with Crippen LogP contribution in [0.15, 0.2) is 11.4 Å². The molecule has 0 radical (unpaired) electrons. The standard InChI is InChI=1S/C11H18N2S/c1-8(7-12)13-5-3-11-10(9(13)2)4-6-14-11/h4,6,8-9H,3,5,7,12H2,1-2H3. The zero-order valence-electron chi connectivity index (χ0n) is 8.86. The second-order valence-electron chi connectivity index (χ2n) is 4.05. The second-order valence-corrected chi connectivity index (χ2v) is 5.05. The smallest absolute Gasteiger partial charge is 0.0334 e. The molecule has 0 saturated carbocycles. The highest BCUT2D eigenvalue weighted by atomic mass is 32.1. The average molecular weight is 210 g/mol. The normalized spacial score (nSPS) is 24.6. The van der Waals surface area contributed by atoms with Gasteiger partial charge in [0.2, 0.25) is 0 Å². The molecule has 1 aromatic heterocycles. The topological polar surface area (TPSA) is 29.3 Å². The van der Waals surface area contributed by atoms with Crippen LogP contribution < -0.4 is 5.73 Å². The predicted octanol–water partition coefficient (Wildman–Crippen LogP) is 2.01. The van der Waals surface area contributed by atoms with Crippen molar-refractivity contribution in [1.29, 1.82) is 0 Å². The maximum atomic E-state index is 5.72. The molecule has 1 aromatic rings. The van der Waals surface area contributed by atoms with E-state index in [9.17, 15) is 0 Å². The molecule has 1 aliphatic heterocycles. The fourth-order valence-electron chi connectivity index (χ4n) is 2.27. The van der Waals surface area contributed by atoms with E-state index in [4.69, 9.17) is 5.73 Å². The third-order valence-corrected chi connectivity index (χ3v) is 4.23. The van der Waals surface area contributed by atoms with Gasteiger partial charge in [-0.25, -0.2) is 0 Å². The summed E-state index contributed by atoms with van der Waals surface area (Å²) in [6.45, 7) is 6.42. The van der Waals surface area contributed by atoms with Gasteiger partial charge >= 0.3 is 0 Å². The van der Waals surface area contributed by atoms with Gasteiger partial charge in [-0.1, -0.05) is 0 Å². The maximum absolute atomic E-state index is 5.72. The number of nitrogens with zero attached hydrogens (tertiary/aromatic N) is 1. The van der Waals surface area contributed by atoms with Crippen molar-refractivity contribution < 1.29 is 0 Å². The van der Waals surface area contributed by atoms with Crippen LogP contribution >= 0.6 is 11.3 Å². The molecule has 2 atom stereocenters. The summed E-state index contributed by atoms with van der Waals surface area (Å²) in [7, 11) is 0. The monoisotopic (exact) mass is 210 g/mol. The van der Waals surface area contributed by atoms with Gasteiger partial charge < -0.3 is 5.73 Å². The molecule has 2 nitrogen and oxygen atoms in total. The van der Waals surface area contributed by atoms with Crippen molar-refractivity contribution in [3.05, 3.63) is 21.9 Å². The summed E-state index contributed by atoms with van der Waals surface area (Å²) in [5, 5.41) is 2.21. The molecule has 2 unspecified atom stereocenters. The van der Waals surface area contributed by atoms with E-state index in [-0.39, 0.29) is 0 Å². The van der Waals surface area contributed by atoms with Gasteiger partial charge in [0.25, 0.3) is 0 Å². The third-order valence-electron chi connectivity index (χ3n) is 3.23. The van der Waals surface area contributed by atoms with E-state index in [2.05, 4.69) is 30.2 Å². The molecule has 0 spiro atoms. The van der Waals surface area contributed by atoms with Crippen LogP contribution in [0.4, 0.5) is 0 Å². The lowest BCUT2D eigenvalue weighted by Gasteiger charge is -2.37. The summed E-state index contributed by atoms with van der Waals surface area (Å²) in [5.41, 5.74) is 7.24. The van der Waals surface area contributed by atoms with Crippen LogP contribution in [0.3, 0.4) is 0 Å². The summed E-state index contributed by atoms with van der Waals surface area (Å²) in [6.07, 6.45) is 1.20. The Hall–Kier alpha value is -0.380. The van der Waals surface area contributed by atoms with Gasteiger partial charge in [0.15, 0.2) is 0 Å². The highest BCUT2D eigenvalue weighted by Crippen LogP contribution is 2.33. The van der Waals surface area contributed by atoms with Gasteiger partial charge in [0.1, 0.15) is 0 Å². The molecule has 3 heteroatoms. The largest absolute Gasteiger partial charge is 0.329 e. The Morgan fingerprint density at radius 2 is 2.50 bits per heavy atom. The number of rotatable bonds is 2. The molecule has 0 saturated heterocycles. The fraction of sp³-hybridized carbons (Fsp3) is 0.636. The van der Waals surface area contributed by atoms with Crippen molar-refractivity contribution in [3.63, 3.8) is 0 Å². The lowest BCUT2D eigenvalue weighted by Crippen LogP contribution is -2.43. The molecule has 78 valence electrons. The number of thiophene rings is 1. The number of hydrogen-bond acceptors (Lipinski definition) is 3. The third kappa shape index (κ3) is 1.60. The first kappa shape index (κ1) is 10.1. The van der Waals surface area contributed by atoms with Crippen molar-refractivity contribution in [2.75, 3.05) is 13.1 Å². The summed E-state index contributed by atoms with van der Waals surface area (Å²) < 4.78 is 0. The average Bonchev–Trinajstić information content (AvgIpc) is 2.66. The SMILES string of the molecule is CC(CN)N1CCc2sccc2C1C. The van der Waals surface area contributed by atoms with Crippen LogP contribution in [0, 0.1) is 0 Å². The van der Waals surface area contributed by atoms with E-state index < -0.39 is 0 Å². The molecule has 0 amide bonds. The Morgan fingerprint density at radius 1 is 1.71 bits per heavy atom. The molecule has 2 N–H and O–H groups in total. The van der Waals surface area contributed by atoms with E-state index >= 15 is 0 Å². The van der Waals surface area contributed by atoms with Gasteiger partial charge in [0.05, 0.1) is 0 Å². The Balaban J connectivity index is 2.20. The second kappa shape index (κ2) is 4.01. The van der Waals surface area contributed by atoms with Crippen molar-refractivity contribution >= 4 is 11.3 Å². The molecular weight excluding hydrogens is 192 g/mol. The Labute approximate surface area is 89.7 Å². The van der Waals surface area contributed by atoms with Crippen LogP contribution in [0.25, 0.3) is 0 Å². The number of fused-ring (bicyclic) bond motifs is 1. The predicted molar refractivity (Wildman–Crippen MR) is 61.7 cm³/mol. The Morgan fingerprint density at radius 3 is 3.21 bits per heavy atom. The summed E-state index contributed by atoms with van der Waals surface area (Å²) >= 11 is 1.89. The highest BCUT2D eigenvalue weighted by Gasteiger charge is 2.27. The van der Waals surface area contributed by atoms with Crippen LogP contribution in [-0.4, -0.2) is 24.0 Å². The highest BCUT2D eigenvalue weighted by molar-refractivity contribution is 7.10. The first-order valence-corrected chi connectivity index (χ1v) is 6.14. The Bertz CT molecular complexity index is 308. The molecule has 0 bridgehead atoms.